The predicted octanol–water partition coefficient (Wildman–Crippen LogP) is 2.85. The zero-order chi connectivity index (χ0) is 20.9. The van der Waals surface area contributed by atoms with Gasteiger partial charge in [-0.1, -0.05) is 28.1 Å². The highest BCUT2D eigenvalue weighted by molar-refractivity contribution is 9.10. The van der Waals surface area contributed by atoms with Crippen molar-refractivity contribution in [2.24, 2.45) is 0 Å². The average Bonchev–Trinajstić information content (AvgIpc) is 2.71. The number of halogens is 1. The fourth-order valence-corrected chi connectivity index (χ4v) is 4.72. The lowest BCUT2D eigenvalue weighted by atomic mass is 10.2. The van der Waals surface area contributed by atoms with Crippen LogP contribution in [0.1, 0.15) is 5.56 Å². The first kappa shape index (κ1) is 21.6. The molecule has 1 aliphatic rings. The summed E-state index contributed by atoms with van der Waals surface area (Å²) in [5.74, 6) is 0.769. The van der Waals surface area contributed by atoms with Crippen LogP contribution < -0.4 is 10.1 Å². The van der Waals surface area contributed by atoms with Crippen molar-refractivity contribution in [3.8, 4) is 5.75 Å². The number of piperazine rings is 1. The van der Waals surface area contributed by atoms with E-state index in [2.05, 4.69) is 21.2 Å². The summed E-state index contributed by atoms with van der Waals surface area (Å²) in [5.41, 5.74) is 1.11. The Bertz CT molecular complexity index is 942. The maximum Gasteiger partial charge on any atom is 0.317 e. The molecule has 1 N–H and O–H groups in total. The van der Waals surface area contributed by atoms with Crippen LogP contribution >= 0.6 is 15.9 Å². The maximum absolute atomic E-state index is 12.7. The summed E-state index contributed by atoms with van der Waals surface area (Å²) < 4.78 is 33.3. The molecule has 2 amide bonds. The van der Waals surface area contributed by atoms with Crippen LogP contribution in [0.5, 0.6) is 5.75 Å². The van der Waals surface area contributed by atoms with E-state index in [1.165, 1.54) is 4.31 Å². The lowest BCUT2D eigenvalue weighted by Gasteiger charge is -2.34. The molecule has 29 heavy (non-hydrogen) atoms. The quantitative estimate of drug-likeness (QED) is 0.643. The van der Waals surface area contributed by atoms with E-state index in [0.717, 1.165) is 15.8 Å². The normalized spacial score (nSPS) is 15.2. The van der Waals surface area contributed by atoms with Gasteiger partial charge < -0.3 is 15.0 Å². The van der Waals surface area contributed by atoms with Gasteiger partial charge in [-0.2, -0.15) is 4.31 Å². The Kier molecular flexibility index (Phi) is 7.15. The van der Waals surface area contributed by atoms with Gasteiger partial charge in [-0.15, -0.1) is 0 Å². The molecule has 2 aromatic carbocycles. The van der Waals surface area contributed by atoms with Crippen molar-refractivity contribution in [3.05, 3.63) is 58.6 Å². The summed E-state index contributed by atoms with van der Waals surface area (Å²) in [6, 6.07) is 14.1. The maximum atomic E-state index is 12.7. The number of hydrogen-bond acceptors (Lipinski definition) is 4. The zero-order valence-electron chi connectivity index (χ0n) is 16.2. The molecule has 0 aliphatic carbocycles. The molecule has 1 saturated heterocycles. The number of carbonyl (C=O) groups excluding carboxylic acids is 1. The van der Waals surface area contributed by atoms with E-state index >= 15 is 0 Å². The van der Waals surface area contributed by atoms with Crippen LogP contribution in [0.4, 0.5) is 4.79 Å². The van der Waals surface area contributed by atoms with Gasteiger partial charge in [0.25, 0.3) is 0 Å². The molecule has 3 rings (SSSR count). The molecule has 0 unspecified atom stereocenters. The first-order valence-electron chi connectivity index (χ1n) is 9.34. The number of urea groups is 1. The van der Waals surface area contributed by atoms with Gasteiger partial charge in [-0.3, -0.25) is 0 Å². The second-order valence-corrected chi connectivity index (χ2v) is 9.60. The minimum Gasteiger partial charge on any atom is -0.492 e. The van der Waals surface area contributed by atoms with Gasteiger partial charge in [0.05, 0.1) is 11.4 Å². The average molecular weight is 482 g/mol. The second kappa shape index (κ2) is 9.60. The van der Waals surface area contributed by atoms with Crippen molar-refractivity contribution >= 4 is 32.0 Å². The van der Waals surface area contributed by atoms with Gasteiger partial charge >= 0.3 is 6.03 Å². The summed E-state index contributed by atoms with van der Waals surface area (Å²) in [5, 5.41) is 2.82. The number of aryl methyl sites for hydroxylation is 1. The number of nitrogens with zero attached hydrogens (tertiary/aromatic N) is 2. The Morgan fingerprint density at radius 3 is 2.45 bits per heavy atom. The monoisotopic (exact) mass is 481 g/mol. The number of sulfonamides is 1. The van der Waals surface area contributed by atoms with Gasteiger partial charge in [-0.25, -0.2) is 13.2 Å². The van der Waals surface area contributed by atoms with E-state index in [1.54, 1.807) is 29.2 Å². The molecule has 9 heteroatoms. The third-order valence-corrected chi connectivity index (χ3v) is 7.06. The highest BCUT2D eigenvalue weighted by Crippen LogP contribution is 2.20. The zero-order valence-corrected chi connectivity index (χ0v) is 18.6. The Balaban J connectivity index is 1.44. The summed E-state index contributed by atoms with van der Waals surface area (Å²) in [6.07, 6.45) is 0. The molecule has 0 aromatic heterocycles. The molecule has 2 aromatic rings. The number of carbonyl (C=O) groups is 1. The third-order valence-electron chi connectivity index (χ3n) is 4.61. The standard InChI is InChI=1S/C20H24BrN3O4S/c1-16-3-2-4-18(15-16)28-14-9-22-20(25)23-10-12-24(13-11-23)29(26,27)19-7-5-17(21)6-8-19/h2-8,15H,9-14H2,1H3,(H,22,25). The van der Waals surface area contributed by atoms with Gasteiger partial charge in [-0.05, 0) is 48.9 Å². The van der Waals surface area contributed by atoms with Crippen molar-refractivity contribution in [3.63, 3.8) is 0 Å². The summed E-state index contributed by atoms with van der Waals surface area (Å²) in [4.78, 5) is 14.2. The topological polar surface area (TPSA) is 79.0 Å². The molecule has 0 bridgehead atoms. The molecule has 1 aliphatic heterocycles. The summed E-state index contributed by atoms with van der Waals surface area (Å²) in [7, 11) is -3.55. The highest BCUT2D eigenvalue weighted by Gasteiger charge is 2.29. The number of rotatable bonds is 6. The SMILES string of the molecule is Cc1cccc(OCCNC(=O)N2CCN(S(=O)(=O)c3ccc(Br)cc3)CC2)c1. The second-order valence-electron chi connectivity index (χ2n) is 6.74. The van der Waals surface area contributed by atoms with Crippen molar-refractivity contribution < 1.29 is 17.9 Å². The summed E-state index contributed by atoms with van der Waals surface area (Å²) >= 11 is 3.31. The molecule has 0 radical (unpaired) electrons. The van der Waals surface area contributed by atoms with Crippen LogP contribution in [-0.2, 0) is 10.0 Å². The van der Waals surface area contributed by atoms with E-state index < -0.39 is 10.0 Å². The number of hydrogen-bond donors (Lipinski definition) is 1. The van der Waals surface area contributed by atoms with E-state index in [0.29, 0.717) is 26.2 Å². The molecule has 0 saturated carbocycles. The molecule has 0 atom stereocenters. The number of nitrogens with one attached hydrogen (secondary N) is 1. The van der Waals surface area contributed by atoms with Crippen molar-refractivity contribution in [2.75, 3.05) is 39.3 Å². The van der Waals surface area contributed by atoms with Crippen LogP contribution in [-0.4, -0.2) is 63.0 Å². The van der Waals surface area contributed by atoms with Crippen LogP contribution in [0.2, 0.25) is 0 Å². The van der Waals surface area contributed by atoms with E-state index in [9.17, 15) is 13.2 Å². The summed E-state index contributed by atoms with van der Waals surface area (Å²) in [6.45, 7) is 3.97. The fraction of sp³-hybridized carbons (Fsp3) is 0.350. The largest absolute Gasteiger partial charge is 0.492 e. The molecule has 0 spiro atoms. The Hall–Kier alpha value is -2.10. The Morgan fingerprint density at radius 1 is 1.10 bits per heavy atom. The minimum atomic E-state index is -3.55. The lowest BCUT2D eigenvalue weighted by molar-refractivity contribution is 0.170. The van der Waals surface area contributed by atoms with Crippen LogP contribution in [0.25, 0.3) is 0 Å². The van der Waals surface area contributed by atoms with Crippen molar-refractivity contribution in [1.82, 2.24) is 14.5 Å². The molecule has 1 heterocycles. The first-order valence-corrected chi connectivity index (χ1v) is 11.6. The van der Waals surface area contributed by atoms with E-state index in [1.807, 2.05) is 31.2 Å². The van der Waals surface area contributed by atoms with Gasteiger partial charge in [0.1, 0.15) is 12.4 Å². The number of ether oxygens (including phenoxy) is 1. The molecular formula is C20H24BrN3O4S. The Morgan fingerprint density at radius 2 is 1.79 bits per heavy atom. The fourth-order valence-electron chi connectivity index (χ4n) is 3.03. The highest BCUT2D eigenvalue weighted by atomic mass is 79.9. The smallest absolute Gasteiger partial charge is 0.317 e. The molecular weight excluding hydrogens is 458 g/mol. The molecule has 1 fully saturated rings. The van der Waals surface area contributed by atoms with Gasteiger partial charge in [0.15, 0.2) is 0 Å². The predicted molar refractivity (Wildman–Crippen MR) is 115 cm³/mol. The number of benzene rings is 2. The molecule has 156 valence electrons. The van der Waals surface area contributed by atoms with Gasteiger partial charge in [0, 0.05) is 30.7 Å². The first-order chi connectivity index (χ1) is 13.9. The van der Waals surface area contributed by atoms with Crippen molar-refractivity contribution in [2.45, 2.75) is 11.8 Å². The molecule has 7 nitrogen and oxygen atoms in total. The lowest BCUT2D eigenvalue weighted by Crippen LogP contribution is -2.53. The van der Waals surface area contributed by atoms with E-state index in [4.69, 9.17) is 4.74 Å². The third kappa shape index (κ3) is 5.71. The van der Waals surface area contributed by atoms with Crippen molar-refractivity contribution in [1.29, 1.82) is 0 Å². The minimum absolute atomic E-state index is 0.210. The van der Waals surface area contributed by atoms with Gasteiger partial charge in [0.2, 0.25) is 10.0 Å². The van der Waals surface area contributed by atoms with Crippen LogP contribution in [0.3, 0.4) is 0 Å². The van der Waals surface area contributed by atoms with E-state index in [-0.39, 0.29) is 24.0 Å². The number of amides is 2. The Labute approximate surface area is 179 Å². The van der Waals surface area contributed by atoms with Crippen LogP contribution in [0, 0.1) is 6.92 Å². The van der Waals surface area contributed by atoms with Crippen LogP contribution in [0.15, 0.2) is 57.9 Å².